The number of alkyl halides is 3. The summed E-state index contributed by atoms with van der Waals surface area (Å²) in [6, 6.07) is 14.9. The Morgan fingerprint density at radius 3 is 2.35 bits per heavy atom. The molecule has 0 unspecified atom stereocenters. The number of aromatic nitrogens is 2. The molecule has 34 heavy (non-hydrogen) atoms. The van der Waals surface area contributed by atoms with E-state index in [9.17, 15) is 18.0 Å². The molecule has 9 heteroatoms. The van der Waals surface area contributed by atoms with Crippen LogP contribution in [0.25, 0.3) is 16.6 Å². The van der Waals surface area contributed by atoms with Gasteiger partial charge in [0.25, 0.3) is 5.91 Å². The van der Waals surface area contributed by atoms with Gasteiger partial charge in [-0.05, 0) is 54.3 Å². The second-order valence-corrected chi connectivity index (χ2v) is 7.75. The predicted molar refractivity (Wildman–Crippen MR) is 121 cm³/mol. The van der Waals surface area contributed by atoms with Gasteiger partial charge in [-0.1, -0.05) is 30.3 Å². The van der Waals surface area contributed by atoms with Crippen LogP contribution in [0.15, 0.2) is 60.8 Å². The molecular weight excluding hydrogens is 447 g/mol. The lowest BCUT2D eigenvalue weighted by Crippen LogP contribution is -2.23. The van der Waals surface area contributed by atoms with Crippen LogP contribution in [0, 0.1) is 13.8 Å². The summed E-state index contributed by atoms with van der Waals surface area (Å²) in [5.41, 5.74) is 5.19. The highest BCUT2D eigenvalue weighted by Gasteiger charge is 2.31. The van der Waals surface area contributed by atoms with Crippen LogP contribution in [-0.2, 0) is 6.54 Å². The maximum Gasteiger partial charge on any atom is 0.573 e. The first kappa shape index (κ1) is 23.2. The molecular formula is C25H22F3N3O3. The smallest absolute Gasteiger partial charge is 0.497 e. The van der Waals surface area contributed by atoms with E-state index in [1.165, 1.54) is 12.1 Å². The van der Waals surface area contributed by atoms with Gasteiger partial charge in [0.15, 0.2) is 0 Å². The first-order chi connectivity index (χ1) is 16.1. The average Bonchev–Trinajstić information content (AvgIpc) is 3.12. The maximum atomic E-state index is 12.9. The lowest BCUT2D eigenvalue weighted by atomic mass is 9.99. The second-order valence-electron chi connectivity index (χ2n) is 7.75. The number of benzene rings is 2. The Kier molecular flexibility index (Phi) is 6.19. The van der Waals surface area contributed by atoms with Crippen LogP contribution in [0.2, 0.25) is 0 Å². The van der Waals surface area contributed by atoms with E-state index < -0.39 is 6.36 Å². The molecule has 0 radical (unpaired) electrons. The minimum absolute atomic E-state index is 0.246. The van der Waals surface area contributed by atoms with Crippen LogP contribution in [0.5, 0.6) is 11.5 Å². The zero-order chi connectivity index (χ0) is 24.5. The summed E-state index contributed by atoms with van der Waals surface area (Å²) in [5, 5.41) is 7.33. The summed E-state index contributed by atoms with van der Waals surface area (Å²) in [6.07, 6.45) is -2.99. The summed E-state index contributed by atoms with van der Waals surface area (Å²) in [5.74, 6) is 0.114. The molecule has 0 saturated carbocycles. The van der Waals surface area contributed by atoms with Gasteiger partial charge in [-0.2, -0.15) is 5.10 Å². The van der Waals surface area contributed by atoms with Crippen LogP contribution >= 0.6 is 0 Å². The molecule has 1 N–H and O–H groups in total. The molecule has 2 heterocycles. The minimum atomic E-state index is -4.72. The zero-order valence-electron chi connectivity index (χ0n) is 18.7. The van der Waals surface area contributed by atoms with Gasteiger partial charge in [0, 0.05) is 18.8 Å². The molecule has 0 aliphatic heterocycles. The van der Waals surface area contributed by atoms with Gasteiger partial charge < -0.3 is 14.8 Å². The highest BCUT2D eigenvalue weighted by atomic mass is 19.4. The van der Waals surface area contributed by atoms with Crippen molar-refractivity contribution in [3.8, 4) is 22.6 Å². The Morgan fingerprint density at radius 2 is 1.71 bits per heavy atom. The summed E-state index contributed by atoms with van der Waals surface area (Å²) >= 11 is 0. The standard InChI is InChI=1S/C25H22F3N3O3/c1-15-12-18(17-6-8-20(9-7-17)34-25(26,27)28)4-5-19(15)14-29-24(32)23-16(2)30-31-11-10-21(33-3)13-22(23)31/h4-13H,14H2,1-3H3,(H,29,32). The predicted octanol–water partition coefficient (Wildman–Crippen LogP) is 5.46. The van der Waals surface area contributed by atoms with Crippen molar-refractivity contribution < 1.29 is 27.4 Å². The highest BCUT2D eigenvalue weighted by Crippen LogP contribution is 2.28. The Hall–Kier alpha value is -4.01. The van der Waals surface area contributed by atoms with Crippen molar-refractivity contribution in [2.45, 2.75) is 26.8 Å². The van der Waals surface area contributed by atoms with Crippen molar-refractivity contribution >= 4 is 11.4 Å². The fourth-order valence-corrected chi connectivity index (χ4v) is 3.74. The Balaban J connectivity index is 1.48. The molecule has 0 saturated heterocycles. The van der Waals surface area contributed by atoms with Gasteiger partial charge in [0.2, 0.25) is 0 Å². The van der Waals surface area contributed by atoms with Crippen molar-refractivity contribution in [1.29, 1.82) is 0 Å². The number of halogens is 3. The number of rotatable bonds is 6. The van der Waals surface area contributed by atoms with E-state index in [0.717, 1.165) is 22.3 Å². The molecule has 0 bridgehead atoms. The number of carbonyl (C=O) groups is 1. The molecule has 0 atom stereocenters. The van der Waals surface area contributed by atoms with Gasteiger partial charge in [-0.25, -0.2) is 4.52 Å². The lowest BCUT2D eigenvalue weighted by Gasteiger charge is -2.12. The van der Waals surface area contributed by atoms with E-state index in [0.29, 0.717) is 29.1 Å². The summed E-state index contributed by atoms with van der Waals surface area (Å²) < 4.78 is 47.9. The number of aryl methyl sites for hydroxylation is 2. The molecule has 4 rings (SSSR count). The van der Waals surface area contributed by atoms with Crippen molar-refractivity contribution in [2.24, 2.45) is 0 Å². The van der Waals surface area contributed by atoms with E-state index in [1.54, 1.807) is 49.0 Å². The minimum Gasteiger partial charge on any atom is -0.497 e. The lowest BCUT2D eigenvalue weighted by molar-refractivity contribution is -0.274. The average molecular weight is 469 g/mol. The molecule has 0 fully saturated rings. The van der Waals surface area contributed by atoms with Crippen LogP contribution in [-0.4, -0.2) is 29.0 Å². The van der Waals surface area contributed by atoms with Crippen molar-refractivity contribution in [3.05, 3.63) is 83.2 Å². The number of hydrogen-bond acceptors (Lipinski definition) is 4. The number of nitrogens with zero attached hydrogens (tertiary/aromatic N) is 2. The number of pyridine rings is 1. The van der Waals surface area contributed by atoms with Crippen LogP contribution in [0.3, 0.4) is 0 Å². The van der Waals surface area contributed by atoms with Crippen LogP contribution in [0.4, 0.5) is 13.2 Å². The Morgan fingerprint density at radius 1 is 1.00 bits per heavy atom. The summed E-state index contributed by atoms with van der Waals surface area (Å²) in [4.78, 5) is 12.9. The van der Waals surface area contributed by atoms with Gasteiger partial charge in [0.1, 0.15) is 11.5 Å². The van der Waals surface area contributed by atoms with Gasteiger partial charge >= 0.3 is 6.36 Å². The third-order valence-electron chi connectivity index (χ3n) is 5.45. The molecule has 1 amide bonds. The van der Waals surface area contributed by atoms with E-state index in [2.05, 4.69) is 15.2 Å². The number of ether oxygens (including phenoxy) is 2. The van der Waals surface area contributed by atoms with Crippen molar-refractivity contribution in [3.63, 3.8) is 0 Å². The van der Waals surface area contributed by atoms with Gasteiger partial charge in [0.05, 0.1) is 23.9 Å². The van der Waals surface area contributed by atoms with Gasteiger partial charge in [-0.3, -0.25) is 4.79 Å². The molecule has 176 valence electrons. The fraction of sp³-hybridized carbons (Fsp3) is 0.200. The second kappa shape index (κ2) is 9.09. The molecule has 2 aromatic carbocycles. The SMILES string of the molecule is COc1ccn2nc(C)c(C(=O)NCc3ccc(-c4ccc(OC(F)(F)F)cc4)cc3C)c2c1. The van der Waals surface area contributed by atoms with Crippen LogP contribution < -0.4 is 14.8 Å². The monoisotopic (exact) mass is 469 g/mol. The van der Waals surface area contributed by atoms with Crippen molar-refractivity contribution in [2.75, 3.05) is 7.11 Å². The molecule has 0 aliphatic carbocycles. The Labute approximate surface area is 193 Å². The first-order valence-corrected chi connectivity index (χ1v) is 10.4. The number of amides is 1. The van der Waals surface area contributed by atoms with E-state index >= 15 is 0 Å². The maximum absolute atomic E-state index is 12.9. The molecule has 0 spiro atoms. The first-order valence-electron chi connectivity index (χ1n) is 10.4. The summed E-state index contributed by atoms with van der Waals surface area (Å²) in [7, 11) is 1.56. The number of carbonyl (C=O) groups excluding carboxylic acids is 1. The third kappa shape index (κ3) is 4.98. The number of fused-ring (bicyclic) bond motifs is 1. The largest absolute Gasteiger partial charge is 0.573 e. The van der Waals surface area contributed by atoms with E-state index in [4.69, 9.17) is 4.74 Å². The molecule has 4 aromatic rings. The number of nitrogens with one attached hydrogen (secondary N) is 1. The third-order valence-corrected chi connectivity index (χ3v) is 5.45. The van der Waals surface area contributed by atoms with E-state index in [-0.39, 0.29) is 11.7 Å². The molecule has 0 aliphatic rings. The van der Waals surface area contributed by atoms with Crippen molar-refractivity contribution in [1.82, 2.24) is 14.9 Å². The number of hydrogen-bond donors (Lipinski definition) is 1. The quantitative estimate of drug-likeness (QED) is 0.408. The highest BCUT2D eigenvalue weighted by molar-refractivity contribution is 6.02. The zero-order valence-corrected chi connectivity index (χ0v) is 18.7. The number of methoxy groups -OCH3 is 1. The Bertz CT molecular complexity index is 1350. The topological polar surface area (TPSA) is 64.9 Å². The van der Waals surface area contributed by atoms with E-state index in [1.807, 2.05) is 25.1 Å². The van der Waals surface area contributed by atoms with Gasteiger partial charge in [-0.15, -0.1) is 13.2 Å². The molecule has 2 aromatic heterocycles. The van der Waals surface area contributed by atoms with Crippen LogP contribution in [0.1, 0.15) is 27.2 Å². The normalized spacial score (nSPS) is 11.5. The fourth-order valence-electron chi connectivity index (χ4n) is 3.74. The molecule has 6 nitrogen and oxygen atoms in total. The summed E-state index contributed by atoms with van der Waals surface area (Å²) in [6.45, 7) is 4.00.